The van der Waals surface area contributed by atoms with E-state index in [2.05, 4.69) is 31.2 Å². The zero-order valence-electron chi connectivity index (χ0n) is 35.7. The van der Waals surface area contributed by atoms with Crippen LogP contribution in [0.1, 0.15) is 105 Å². The number of phenols is 2. The highest BCUT2D eigenvalue weighted by Gasteiger charge is 2.37. The summed E-state index contributed by atoms with van der Waals surface area (Å²) in [4.78, 5) is 67.6. The van der Waals surface area contributed by atoms with Crippen LogP contribution in [0.15, 0.2) is 81.1 Å². The molecule has 4 aromatic carbocycles. The second kappa shape index (κ2) is 16.9. The summed E-state index contributed by atoms with van der Waals surface area (Å²) in [5.41, 5.74) is 2.92. The standard InChI is InChI=1S/C24H29N3O3.C21H17BrF3N3O5/c1-23(2,3)14-10-15(24(4,5)6)19(28)11-18(14)27-22(30)13-12-26-17-9-7-8-16(25)20(17)21(13)29;1-20(2,3)11-6-10(21(23,24)25)13(7-15(11)29)27-19(31)9-8-26-17-12(22)4-5-14(28(32)33)16(17)18(9)30/h7-12,28H,25H2,1-6H3,(H,26,29)(H,27,30);4-8,29H,1-3H3,(H,26,30)(H,27,31). The summed E-state index contributed by atoms with van der Waals surface area (Å²) in [5, 5.41) is 36.9. The molecule has 2 heterocycles. The summed E-state index contributed by atoms with van der Waals surface area (Å²) in [6, 6.07) is 12.5. The first-order valence-electron chi connectivity index (χ1n) is 19.3. The maximum atomic E-state index is 13.7. The molecule has 0 atom stereocenters. The van der Waals surface area contributed by atoms with Gasteiger partial charge in [0.2, 0.25) is 10.9 Å². The Hall–Kier alpha value is -6.69. The largest absolute Gasteiger partial charge is 0.508 e. The Labute approximate surface area is 367 Å². The van der Waals surface area contributed by atoms with Crippen molar-refractivity contribution in [3.63, 3.8) is 0 Å². The smallest absolute Gasteiger partial charge is 0.418 e. The number of benzene rings is 4. The van der Waals surface area contributed by atoms with Crippen molar-refractivity contribution in [1.82, 2.24) is 9.97 Å². The first-order chi connectivity index (χ1) is 28.9. The Morgan fingerprint density at radius 2 is 1.16 bits per heavy atom. The third-order valence-corrected chi connectivity index (χ3v) is 10.7. The molecule has 2 aromatic heterocycles. The van der Waals surface area contributed by atoms with E-state index in [0.29, 0.717) is 21.4 Å². The van der Waals surface area contributed by atoms with Gasteiger partial charge in [-0.25, -0.2) is 0 Å². The number of halogens is 4. The second-order valence-corrected chi connectivity index (χ2v) is 18.7. The van der Waals surface area contributed by atoms with Crippen LogP contribution in [-0.2, 0) is 22.4 Å². The lowest BCUT2D eigenvalue weighted by Gasteiger charge is -2.28. The molecule has 332 valence electrons. The van der Waals surface area contributed by atoms with E-state index in [0.717, 1.165) is 35.5 Å². The first-order valence-corrected chi connectivity index (χ1v) is 20.1. The monoisotopic (exact) mass is 934 g/mol. The number of nitro benzene ring substituents is 1. The number of alkyl halides is 3. The lowest BCUT2D eigenvalue weighted by Crippen LogP contribution is -2.25. The number of aromatic nitrogens is 2. The van der Waals surface area contributed by atoms with Gasteiger partial charge in [0.05, 0.1) is 32.6 Å². The Kier molecular flexibility index (Phi) is 12.7. The summed E-state index contributed by atoms with van der Waals surface area (Å²) >= 11 is 3.15. The number of carbonyl (C=O) groups excluding carboxylic acids is 2. The first kappa shape index (κ1) is 47.4. The number of nitrogens with one attached hydrogen (secondary N) is 4. The van der Waals surface area contributed by atoms with E-state index in [1.165, 1.54) is 12.3 Å². The average molecular weight is 936 g/mol. The fraction of sp³-hybridized carbons (Fsp3) is 0.289. The number of anilines is 3. The maximum absolute atomic E-state index is 13.7. The number of fused-ring (bicyclic) bond motifs is 2. The van der Waals surface area contributed by atoms with E-state index in [-0.39, 0.29) is 38.6 Å². The summed E-state index contributed by atoms with van der Waals surface area (Å²) in [7, 11) is 0. The number of nitrogens with two attached hydrogens (primary N) is 1. The van der Waals surface area contributed by atoms with Crippen molar-refractivity contribution in [3.05, 3.63) is 135 Å². The molecule has 0 unspecified atom stereocenters. The normalized spacial score (nSPS) is 12.1. The minimum Gasteiger partial charge on any atom is -0.508 e. The number of pyridine rings is 2. The molecule has 63 heavy (non-hydrogen) atoms. The van der Waals surface area contributed by atoms with Gasteiger partial charge in [-0.1, -0.05) is 68.4 Å². The molecule has 2 amide bonds. The van der Waals surface area contributed by atoms with Crippen LogP contribution in [0.3, 0.4) is 0 Å². The van der Waals surface area contributed by atoms with Gasteiger partial charge >= 0.3 is 6.18 Å². The van der Waals surface area contributed by atoms with Crippen molar-refractivity contribution in [2.45, 2.75) is 84.7 Å². The van der Waals surface area contributed by atoms with Crippen LogP contribution in [-0.4, -0.2) is 36.9 Å². The number of phenolic OH excluding ortho intramolecular Hbond substituents is 2. The number of hydrogen-bond acceptors (Lipinski definition) is 9. The second-order valence-electron chi connectivity index (χ2n) is 17.9. The summed E-state index contributed by atoms with van der Waals surface area (Å²) in [6.07, 6.45) is -2.54. The van der Waals surface area contributed by atoms with Crippen LogP contribution in [0.2, 0.25) is 0 Å². The van der Waals surface area contributed by atoms with Crippen molar-refractivity contribution >= 4 is 72.3 Å². The van der Waals surface area contributed by atoms with E-state index in [1.54, 1.807) is 45.0 Å². The van der Waals surface area contributed by atoms with Gasteiger partial charge < -0.3 is 36.5 Å². The molecule has 6 rings (SSSR count). The summed E-state index contributed by atoms with van der Waals surface area (Å²) in [6.45, 7) is 17.0. The topological polar surface area (TPSA) is 234 Å². The summed E-state index contributed by atoms with van der Waals surface area (Å²) in [5.74, 6) is -2.17. The van der Waals surface area contributed by atoms with E-state index >= 15 is 0 Å². The molecule has 8 N–H and O–H groups in total. The third-order valence-electron chi connectivity index (χ3n) is 10.1. The fourth-order valence-electron chi connectivity index (χ4n) is 6.88. The van der Waals surface area contributed by atoms with Crippen LogP contribution in [0.5, 0.6) is 11.5 Å². The molecule has 0 aliphatic carbocycles. The van der Waals surface area contributed by atoms with Gasteiger partial charge in [0.15, 0.2) is 0 Å². The number of nitrogen functional groups attached to an aromatic ring is 1. The number of H-pyrrole nitrogens is 2. The van der Waals surface area contributed by atoms with Gasteiger partial charge in [0.1, 0.15) is 28.0 Å². The van der Waals surface area contributed by atoms with Crippen molar-refractivity contribution in [1.29, 1.82) is 0 Å². The maximum Gasteiger partial charge on any atom is 0.418 e. The number of carbonyl (C=O) groups is 2. The molecule has 14 nitrogen and oxygen atoms in total. The molecule has 0 aliphatic heterocycles. The molecule has 0 spiro atoms. The zero-order chi connectivity index (χ0) is 47.3. The average Bonchev–Trinajstić information content (AvgIpc) is 3.13. The number of aromatic amines is 2. The number of non-ortho nitro benzene ring substituents is 1. The van der Waals surface area contributed by atoms with Crippen LogP contribution in [0.25, 0.3) is 21.8 Å². The van der Waals surface area contributed by atoms with Crippen LogP contribution >= 0.6 is 15.9 Å². The van der Waals surface area contributed by atoms with Crippen molar-refractivity contribution in [2.75, 3.05) is 16.4 Å². The van der Waals surface area contributed by atoms with Crippen molar-refractivity contribution < 1.29 is 37.9 Å². The number of aromatic hydroxyl groups is 2. The molecule has 0 aliphatic rings. The van der Waals surface area contributed by atoms with Crippen molar-refractivity contribution in [3.8, 4) is 11.5 Å². The summed E-state index contributed by atoms with van der Waals surface area (Å²) < 4.78 is 41.4. The van der Waals surface area contributed by atoms with Gasteiger partial charge in [-0.15, -0.1) is 0 Å². The molecule has 0 saturated carbocycles. The molecule has 0 saturated heterocycles. The highest BCUT2D eigenvalue weighted by Crippen LogP contribution is 2.43. The Morgan fingerprint density at radius 3 is 1.63 bits per heavy atom. The molecular weight excluding hydrogens is 889 g/mol. The van der Waals surface area contributed by atoms with E-state index < -0.39 is 72.8 Å². The van der Waals surface area contributed by atoms with Gasteiger partial charge in [-0.05, 0) is 79.2 Å². The van der Waals surface area contributed by atoms with E-state index in [9.17, 15) is 52.7 Å². The minimum absolute atomic E-state index is 0.0110. The van der Waals surface area contributed by atoms with Crippen molar-refractivity contribution in [2.24, 2.45) is 0 Å². The van der Waals surface area contributed by atoms with Gasteiger partial charge in [-0.3, -0.25) is 29.3 Å². The lowest BCUT2D eigenvalue weighted by atomic mass is 9.79. The highest BCUT2D eigenvalue weighted by molar-refractivity contribution is 9.10. The van der Waals surface area contributed by atoms with E-state index in [4.69, 9.17) is 5.73 Å². The quantitative estimate of drug-likeness (QED) is 0.0494. The highest BCUT2D eigenvalue weighted by atomic mass is 79.9. The van der Waals surface area contributed by atoms with Crippen LogP contribution < -0.4 is 27.2 Å². The SMILES string of the molecule is CC(C)(C)c1cc(C(C)(C)C)c(NC(=O)c2c[nH]c3cccc(N)c3c2=O)cc1O.CC(C)(C)c1cc(C(F)(F)F)c(NC(=O)c2c[nH]c3c(Br)ccc([N+](=O)[O-])c3c2=O)cc1O. The number of nitrogens with zero attached hydrogens (tertiary/aromatic N) is 1. The Balaban J connectivity index is 0.000000239. The number of nitro groups is 1. The molecule has 0 fully saturated rings. The van der Waals surface area contributed by atoms with Gasteiger partial charge in [0, 0.05) is 46.4 Å². The number of hydrogen-bond donors (Lipinski definition) is 7. The minimum atomic E-state index is -4.88. The predicted molar refractivity (Wildman–Crippen MR) is 241 cm³/mol. The van der Waals surface area contributed by atoms with Gasteiger partial charge in [-0.2, -0.15) is 13.2 Å². The molecule has 0 bridgehead atoms. The molecule has 6 aromatic rings. The lowest BCUT2D eigenvalue weighted by molar-refractivity contribution is -0.383. The van der Waals surface area contributed by atoms with Crippen LogP contribution in [0, 0.1) is 10.1 Å². The molecular formula is C45H46BrF3N6O8. The third kappa shape index (κ3) is 9.85. The van der Waals surface area contributed by atoms with E-state index in [1.807, 2.05) is 52.9 Å². The Bertz CT molecular complexity index is 2960. The molecule has 18 heteroatoms. The fourth-order valence-corrected chi connectivity index (χ4v) is 7.33. The number of rotatable bonds is 5. The predicted octanol–water partition coefficient (Wildman–Crippen LogP) is 10.1. The molecule has 0 radical (unpaired) electrons. The van der Waals surface area contributed by atoms with Gasteiger partial charge in [0.25, 0.3) is 17.5 Å². The zero-order valence-corrected chi connectivity index (χ0v) is 37.3. The van der Waals surface area contributed by atoms with Crippen LogP contribution in [0.4, 0.5) is 35.9 Å². The Morgan fingerprint density at radius 1 is 0.698 bits per heavy atom. The number of amides is 2.